The molecule has 0 fully saturated rings. The average Bonchev–Trinajstić information content (AvgIpc) is 2.76. The van der Waals surface area contributed by atoms with Gasteiger partial charge >= 0.3 is 0 Å². The van der Waals surface area contributed by atoms with Crippen LogP contribution in [-0.4, -0.2) is 24.7 Å². The van der Waals surface area contributed by atoms with E-state index in [-0.39, 0.29) is 5.41 Å². The van der Waals surface area contributed by atoms with Gasteiger partial charge in [-0.1, -0.05) is 27.7 Å². The van der Waals surface area contributed by atoms with E-state index in [0.29, 0.717) is 0 Å². The van der Waals surface area contributed by atoms with Crippen LogP contribution in [0.2, 0.25) is 0 Å². The van der Waals surface area contributed by atoms with Crippen LogP contribution in [0.25, 0.3) is 0 Å². The molecule has 0 radical (unpaired) electrons. The predicted molar refractivity (Wildman–Crippen MR) is 78.2 cm³/mol. The molecule has 0 aliphatic rings. The summed E-state index contributed by atoms with van der Waals surface area (Å²) in [5.74, 6) is 0. The summed E-state index contributed by atoms with van der Waals surface area (Å²) >= 11 is 1.81. The fraction of sp³-hybridized carbons (Fsp3) is 0.786. The third-order valence-corrected chi connectivity index (χ3v) is 3.91. The van der Waals surface area contributed by atoms with Gasteiger partial charge < -0.3 is 10.1 Å². The average molecular weight is 270 g/mol. The van der Waals surface area contributed by atoms with Gasteiger partial charge in [0.2, 0.25) is 0 Å². The van der Waals surface area contributed by atoms with Crippen molar-refractivity contribution in [2.75, 3.05) is 19.8 Å². The van der Waals surface area contributed by atoms with E-state index in [4.69, 9.17) is 4.74 Å². The SMILES string of the molecule is CCCOCCCNCc1cnc(C(C)(C)C)s1. The van der Waals surface area contributed by atoms with Crippen molar-refractivity contribution in [2.24, 2.45) is 0 Å². The first kappa shape index (κ1) is 15.6. The quantitative estimate of drug-likeness (QED) is 0.736. The smallest absolute Gasteiger partial charge is 0.0981 e. The minimum absolute atomic E-state index is 0.164. The molecule has 0 amide bonds. The predicted octanol–water partition coefficient (Wildman–Crippen LogP) is 3.35. The van der Waals surface area contributed by atoms with Crippen LogP contribution in [0, 0.1) is 0 Å². The molecule has 0 aliphatic carbocycles. The van der Waals surface area contributed by atoms with Crippen LogP contribution >= 0.6 is 11.3 Å². The molecule has 1 N–H and O–H groups in total. The topological polar surface area (TPSA) is 34.1 Å². The highest BCUT2D eigenvalue weighted by Gasteiger charge is 2.17. The summed E-state index contributed by atoms with van der Waals surface area (Å²) in [4.78, 5) is 5.79. The summed E-state index contributed by atoms with van der Waals surface area (Å²) in [7, 11) is 0. The molecule has 18 heavy (non-hydrogen) atoms. The second kappa shape index (κ2) is 7.87. The van der Waals surface area contributed by atoms with Crippen LogP contribution in [0.15, 0.2) is 6.20 Å². The number of ether oxygens (including phenoxy) is 1. The molecular weight excluding hydrogens is 244 g/mol. The second-order valence-corrected chi connectivity index (χ2v) is 6.64. The van der Waals surface area contributed by atoms with E-state index in [1.54, 1.807) is 11.3 Å². The van der Waals surface area contributed by atoms with Gasteiger partial charge in [0.05, 0.1) is 5.01 Å². The van der Waals surface area contributed by atoms with Crippen molar-refractivity contribution >= 4 is 11.3 Å². The normalized spacial score (nSPS) is 12.0. The van der Waals surface area contributed by atoms with Crippen molar-refractivity contribution in [3.63, 3.8) is 0 Å². The van der Waals surface area contributed by atoms with E-state index in [9.17, 15) is 0 Å². The molecule has 1 rings (SSSR count). The molecule has 0 spiro atoms. The summed E-state index contributed by atoms with van der Waals surface area (Å²) in [5, 5.41) is 4.65. The highest BCUT2D eigenvalue weighted by atomic mass is 32.1. The molecule has 0 atom stereocenters. The molecule has 0 unspecified atom stereocenters. The molecule has 1 aromatic heterocycles. The van der Waals surface area contributed by atoms with Crippen LogP contribution in [0.3, 0.4) is 0 Å². The molecule has 0 saturated heterocycles. The molecule has 1 heterocycles. The van der Waals surface area contributed by atoms with Gasteiger partial charge in [0.25, 0.3) is 0 Å². The van der Waals surface area contributed by atoms with Gasteiger partial charge in [0.1, 0.15) is 0 Å². The monoisotopic (exact) mass is 270 g/mol. The van der Waals surface area contributed by atoms with E-state index in [1.165, 1.54) is 9.88 Å². The molecule has 104 valence electrons. The van der Waals surface area contributed by atoms with Crippen LogP contribution < -0.4 is 5.32 Å². The third-order valence-electron chi connectivity index (χ3n) is 2.49. The lowest BCUT2D eigenvalue weighted by atomic mass is 9.98. The number of rotatable bonds is 8. The van der Waals surface area contributed by atoms with Crippen molar-refractivity contribution < 1.29 is 4.74 Å². The molecule has 0 bridgehead atoms. The Balaban J connectivity index is 2.14. The van der Waals surface area contributed by atoms with Crippen LogP contribution in [0.1, 0.15) is 50.4 Å². The third kappa shape index (κ3) is 5.94. The molecular formula is C14H26N2OS. The Bertz CT molecular complexity index is 331. The molecule has 0 aliphatic heterocycles. The Morgan fingerprint density at radius 2 is 2.11 bits per heavy atom. The maximum atomic E-state index is 5.43. The lowest BCUT2D eigenvalue weighted by Gasteiger charge is -2.13. The Hall–Kier alpha value is -0.450. The number of hydrogen-bond donors (Lipinski definition) is 1. The van der Waals surface area contributed by atoms with Crippen molar-refractivity contribution in [3.05, 3.63) is 16.1 Å². The highest BCUT2D eigenvalue weighted by Crippen LogP contribution is 2.26. The van der Waals surface area contributed by atoms with Crippen molar-refractivity contribution in [3.8, 4) is 0 Å². The first-order chi connectivity index (χ1) is 8.54. The van der Waals surface area contributed by atoms with Crippen LogP contribution in [0.5, 0.6) is 0 Å². The Labute approximate surface area is 115 Å². The van der Waals surface area contributed by atoms with Gasteiger partial charge in [-0.15, -0.1) is 11.3 Å². The minimum Gasteiger partial charge on any atom is -0.381 e. The van der Waals surface area contributed by atoms with Crippen molar-refractivity contribution in [2.45, 2.75) is 52.5 Å². The number of thiazole rings is 1. The second-order valence-electron chi connectivity index (χ2n) is 5.52. The maximum absolute atomic E-state index is 5.43. The van der Waals surface area contributed by atoms with E-state index in [0.717, 1.165) is 39.1 Å². The van der Waals surface area contributed by atoms with Crippen LogP contribution in [-0.2, 0) is 16.7 Å². The van der Waals surface area contributed by atoms with E-state index < -0.39 is 0 Å². The fourth-order valence-corrected chi connectivity index (χ4v) is 2.43. The first-order valence-corrected chi connectivity index (χ1v) is 7.59. The van der Waals surface area contributed by atoms with Gasteiger partial charge in [0.15, 0.2) is 0 Å². The van der Waals surface area contributed by atoms with Gasteiger partial charge in [-0.2, -0.15) is 0 Å². The zero-order valence-corrected chi connectivity index (χ0v) is 12.9. The van der Waals surface area contributed by atoms with Gasteiger partial charge in [-0.3, -0.25) is 0 Å². The lowest BCUT2D eigenvalue weighted by Crippen LogP contribution is -2.15. The molecule has 4 heteroatoms. The van der Waals surface area contributed by atoms with Crippen LogP contribution in [0.4, 0.5) is 0 Å². The van der Waals surface area contributed by atoms with E-state index in [2.05, 4.69) is 38.0 Å². The highest BCUT2D eigenvalue weighted by molar-refractivity contribution is 7.11. The minimum atomic E-state index is 0.164. The van der Waals surface area contributed by atoms with E-state index >= 15 is 0 Å². The van der Waals surface area contributed by atoms with Gasteiger partial charge in [-0.05, 0) is 19.4 Å². The number of nitrogens with one attached hydrogen (secondary N) is 1. The molecule has 0 aromatic carbocycles. The molecule has 1 aromatic rings. The lowest BCUT2D eigenvalue weighted by molar-refractivity contribution is 0.132. The largest absolute Gasteiger partial charge is 0.381 e. The Morgan fingerprint density at radius 1 is 1.33 bits per heavy atom. The van der Waals surface area contributed by atoms with Crippen molar-refractivity contribution in [1.82, 2.24) is 10.3 Å². The zero-order valence-electron chi connectivity index (χ0n) is 12.1. The number of aromatic nitrogens is 1. The Kier molecular flexibility index (Phi) is 6.82. The summed E-state index contributed by atoms with van der Waals surface area (Å²) in [6.45, 7) is 12.4. The summed E-state index contributed by atoms with van der Waals surface area (Å²) in [5.41, 5.74) is 0.164. The van der Waals surface area contributed by atoms with E-state index in [1.807, 2.05) is 6.20 Å². The van der Waals surface area contributed by atoms with Gasteiger partial charge in [0, 0.05) is 36.2 Å². The Morgan fingerprint density at radius 3 is 2.72 bits per heavy atom. The zero-order chi connectivity index (χ0) is 13.4. The molecule has 0 saturated carbocycles. The van der Waals surface area contributed by atoms with Crippen molar-refractivity contribution in [1.29, 1.82) is 0 Å². The first-order valence-electron chi connectivity index (χ1n) is 6.77. The summed E-state index contributed by atoms with van der Waals surface area (Å²) < 4.78 is 5.43. The standard InChI is InChI=1S/C14H26N2OS/c1-5-8-17-9-6-7-15-10-12-11-16-13(18-12)14(2,3)4/h11,15H,5-10H2,1-4H3. The maximum Gasteiger partial charge on any atom is 0.0981 e. The number of nitrogens with zero attached hydrogens (tertiary/aromatic N) is 1. The summed E-state index contributed by atoms with van der Waals surface area (Å²) in [6, 6.07) is 0. The molecule has 3 nitrogen and oxygen atoms in total. The summed E-state index contributed by atoms with van der Waals surface area (Å²) in [6.07, 6.45) is 4.17. The van der Waals surface area contributed by atoms with Gasteiger partial charge in [-0.25, -0.2) is 4.98 Å². The number of hydrogen-bond acceptors (Lipinski definition) is 4. The fourth-order valence-electron chi connectivity index (χ4n) is 1.49.